The molecule has 2 saturated heterocycles. The predicted octanol–water partition coefficient (Wildman–Crippen LogP) is 1.04. The van der Waals surface area contributed by atoms with E-state index < -0.39 is 0 Å². The molecule has 84 valence electrons. The standard InChI is InChI=1S/C12H20N2O/c15-12(8-2-1-3-8)13-7-9-6-10-4-5-11(9)14-10/h8-11,14H,1-7H2,(H,13,15). The van der Waals surface area contributed by atoms with Crippen LogP contribution in [-0.2, 0) is 4.79 Å². The van der Waals surface area contributed by atoms with Crippen molar-refractivity contribution in [2.24, 2.45) is 11.8 Å². The molecular formula is C12H20N2O. The van der Waals surface area contributed by atoms with Crippen LogP contribution in [0.15, 0.2) is 0 Å². The van der Waals surface area contributed by atoms with Gasteiger partial charge in [0, 0.05) is 24.5 Å². The van der Waals surface area contributed by atoms with Gasteiger partial charge < -0.3 is 10.6 Å². The van der Waals surface area contributed by atoms with E-state index in [1.807, 2.05) is 0 Å². The van der Waals surface area contributed by atoms with Gasteiger partial charge >= 0.3 is 0 Å². The molecule has 2 aliphatic heterocycles. The summed E-state index contributed by atoms with van der Waals surface area (Å²) in [7, 11) is 0. The molecule has 3 rings (SSSR count). The average molecular weight is 208 g/mol. The molecule has 3 nitrogen and oxygen atoms in total. The van der Waals surface area contributed by atoms with Gasteiger partial charge in [-0.25, -0.2) is 0 Å². The van der Waals surface area contributed by atoms with Crippen LogP contribution >= 0.6 is 0 Å². The molecule has 0 aromatic rings. The maximum absolute atomic E-state index is 11.7. The number of fused-ring (bicyclic) bond motifs is 2. The normalized spacial score (nSPS) is 39.1. The summed E-state index contributed by atoms with van der Waals surface area (Å²) >= 11 is 0. The van der Waals surface area contributed by atoms with E-state index in [-0.39, 0.29) is 0 Å². The van der Waals surface area contributed by atoms with Crippen LogP contribution in [0.1, 0.15) is 38.5 Å². The SMILES string of the molecule is O=C(NCC1CC2CCC1N2)C1CCC1. The van der Waals surface area contributed by atoms with Crippen molar-refractivity contribution in [1.82, 2.24) is 10.6 Å². The zero-order valence-corrected chi connectivity index (χ0v) is 9.17. The summed E-state index contributed by atoms with van der Waals surface area (Å²) in [6.45, 7) is 0.906. The van der Waals surface area contributed by atoms with Crippen LogP contribution < -0.4 is 10.6 Å². The van der Waals surface area contributed by atoms with Gasteiger partial charge in [0.1, 0.15) is 0 Å². The summed E-state index contributed by atoms with van der Waals surface area (Å²) in [6, 6.07) is 1.44. The summed E-state index contributed by atoms with van der Waals surface area (Å²) in [4.78, 5) is 11.7. The maximum atomic E-state index is 11.7. The first-order valence-corrected chi connectivity index (χ1v) is 6.36. The van der Waals surface area contributed by atoms with Gasteiger partial charge in [-0.2, -0.15) is 0 Å². The van der Waals surface area contributed by atoms with Crippen molar-refractivity contribution in [2.45, 2.75) is 50.6 Å². The first-order valence-electron chi connectivity index (χ1n) is 6.36. The minimum absolute atomic E-state index is 0.309. The lowest BCUT2D eigenvalue weighted by atomic mass is 9.84. The molecule has 1 amide bonds. The number of rotatable bonds is 3. The molecule has 3 heteroatoms. The second-order valence-electron chi connectivity index (χ2n) is 5.42. The lowest BCUT2D eigenvalue weighted by Crippen LogP contribution is -2.39. The van der Waals surface area contributed by atoms with Gasteiger partial charge in [-0.05, 0) is 38.0 Å². The molecular weight excluding hydrogens is 188 g/mol. The fourth-order valence-corrected chi connectivity index (χ4v) is 3.21. The van der Waals surface area contributed by atoms with Gasteiger partial charge in [0.2, 0.25) is 5.91 Å². The van der Waals surface area contributed by atoms with Gasteiger partial charge in [-0.15, -0.1) is 0 Å². The molecule has 0 radical (unpaired) electrons. The first-order chi connectivity index (χ1) is 7.33. The minimum Gasteiger partial charge on any atom is -0.356 e. The van der Waals surface area contributed by atoms with E-state index >= 15 is 0 Å². The van der Waals surface area contributed by atoms with E-state index in [1.54, 1.807) is 0 Å². The fourth-order valence-electron chi connectivity index (χ4n) is 3.21. The van der Waals surface area contributed by atoms with Crippen LogP contribution in [-0.4, -0.2) is 24.5 Å². The van der Waals surface area contributed by atoms with Crippen LogP contribution in [0.2, 0.25) is 0 Å². The first kappa shape index (κ1) is 9.64. The second kappa shape index (κ2) is 3.78. The Hall–Kier alpha value is -0.570. The number of amides is 1. The molecule has 3 unspecified atom stereocenters. The topological polar surface area (TPSA) is 41.1 Å². The highest BCUT2D eigenvalue weighted by atomic mass is 16.1. The molecule has 2 N–H and O–H groups in total. The Morgan fingerprint density at radius 2 is 2.13 bits per heavy atom. The van der Waals surface area contributed by atoms with Gasteiger partial charge in [-0.1, -0.05) is 6.42 Å². The lowest BCUT2D eigenvalue weighted by molar-refractivity contribution is -0.127. The van der Waals surface area contributed by atoms with Crippen LogP contribution in [0.5, 0.6) is 0 Å². The third-order valence-corrected chi connectivity index (χ3v) is 4.45. The van der Waals surface area contributed by atoms with Crippen molar-refractivity contribution < 1.29 is 4.79 Å². The number of carbonyl (C=O) groups is 1. The molecule has 1 saturated carbocycles. The number of hydrogen-bond acceptors (Lipinski definition) is 2. The van der Waals surface area contributed by atoms with Crippen molar-refractivity contribution in [3.8, 4) is 0 Å². The van der Waals surface area contributed by atoms with Crippen molar-refractivity contribution in [3.05, 3.63) is 0 Å². The summed E-state index contributed by atoms with van der Waals surface area (Å²) in [5.41, 5.74) is 0. The molecule has 2 heterocycles. The maximum Gasteiger partial charge on any atom is 0.223 e. The molecule has 3 fully saturated rings. The summed E-state index contributed by atoms with van der Waals surface area (Å²) in [5.74, 6) is 1.35. The highest BCUT2D eigenvalue weighted by Crippen LogP contribution is 2.33. The Kier molecular flexibility index (Phi) is 2.43. The van der Waals surface area contributed by atoms with Crippen LogP contribution in [0.3, 0.4) is 0 Å². The van der Waals surface area contributed by atoms with Gasteiger partial charge in [0.25, 0.3) is 0 Å². The molecule has 0 spiro atoms. The largest absolute Gasteiger partial charge is 0.356 e. The van der Waals surface area contributed by atoms with Crippen molar-refractivity contribution in [3.63, 3.8) is 0 Å². The summed E-state index contributed by atoms with van der Waals surface area (Å²) in [5, 5.41) is 6.74. The van der Waals surface area contributed by atoms with Crippen LogP contribution in [0.25, 0.3) is 0 Å². The quantitative estimate of drug-likeness (QED) is 0.727. The Morgan fingerprint density at radius 3 is 2.67 bits per heavy atom. The number of carbonyl (C=O) groups excluding carboxylic acids is 1. The van der Waals surface area contributed by atoms with E-state index in [2.05, 4.69) is 10.6 Å². The highest BCUT2D eigenvalue weighted by molar-refractivity contribution is 5.79. The Balaban J connectivity index is 1.44. The summed E-state index contributed by atoms with van der Waals surface area (Å²) < 4.78 is 0. The van der Waals surface area contributed by atoms with Crippen molar-refractivity contribution >= 4 is 5.91 Å². The molecule has 1 aliphatic carbocycles. The lowest BCUT2D eigenvalue weighted by Gasteiger charge is -2.26. The van der Waals surface area contributed by atoms with Gasteiger partial charge in [-0.3, -0.25) is 4.79 Å². The Bertz CT molecular complexity index is 262. The van der Waals surface area contributed by atoms with E-state index in [4.69, 9.17) is 0 Å². The molecule has 15 heavy (non-hydrogen) atoms. The Labute approximate surface area is 91.0 Å². The van der Waals surface area contributed by atoms with Gasteiger partial charge in [0.15, 0.2) is 0 Å². The van der Waals surface area contributed by atoms with Gasteiger partial charge in [0.05, 0.1) is 0 Å². The smallest absolute Gasteiger partial charge is 0.223 e. The average Bonchev–Trinajstić information content (AvgIpc) is 2.72. The second-order valence-corrected chi connectivity index (χ2v) is 5.42. The van der Waals surface area contributed by atoms with Crippen LogP contribution in [0, 0.1) is 11.8 Å². The van der Waals surface area contributed by atoms with E-state index in [9.17, 15) is 4.79 Å². The predicted molar refractivity (Wildman–Crippen MR) is 58.4 cm³/mol. The van der Waals surface area contributed by atoms with Crippen molar-refractivity contribution in [1.29, 1.82) is 0 Å². The molecule has 2 bridgehead atoms. The summed E-state index contributed by atoms with van der Waals surface area (Å²) in [6.07, 6.45) is 7.40. The van der Waals surface area contributed by atoms with E-state index in [0.29, 0.717) is 23.8 Å². The third kappa shape index (κ3) is 1.78. The monoisotopic (exact) mass is 208 g/mol. The zero-order valence-electron chi connectivity index (χ0n) is 9.17. The number of nitrogens with one attached hydrogen (secondary N) is 2. The third-order valence-electron chi connectivity index (χ3n) is 4.45. The zero-order chi connectivity index (χ0) is 10.3. The fraction of sp³-hybridized carbons (Fsp3) is 0.917. The minimum atomic E-state index is 0.309. The Morgan fingerprint density at radius 1 is 1.27 bits per heavy atom. The number of hydrogen-bond donors (Lipinski definition) is 2. The van der Waals surface area contributed by atoms with E-state index in [1.165, 1.54) is 25.7 Å². The van der Waals surface area contributed by atoms with Crippen molar-refractivity contribution in [2.75, 3.05) is 6.54 Å². The molecule has 0 aromatic carbocycles. The molecule has 3 aliphatic rings. The van der Waals surface area contributed by atoms with E-state index in [0.717, 1.165) is 25.4 Å². The van der Waals surface area contributed by atoms with Crippen LogP contribution in [0.4, 0.5) is 0 Å². The molecule has 3 atom stereocenters. The highest BCUT2D eigenvalue weighted by Gasteiger charge is 2.39. The molecule has 0 aromatic heterocycles.